The molecule has 0 bridgehead atoms. The second-order valence-electron chi connectivity index (χ2n) is 6.17. The zero-order valence-electron chi connectivity index (χ0n) is 14.8. The van der Waals surface area contributed by atoms with Crippen molar-refractivity contribution in [1.29, 1.82) is 0 Å². The first-order chi connectivity index (χ1) is 13.5. The first-order valence-corrected chi connectivity index (χ1v) is 10.5. The van der Waals surface area contributed by atoms with Gasteiger partial charge in [-0.05, 0) is 49.6 Å². The Morgan fingerprint density at radius 2 is 1.79 bits per heavy atom. The van der Waals surface area contributed by atoms with Crippen molar-refractivity contribution in [2.75, 3.05) is 18.0 Å². The van der Waals surface area contributed by atoms with Gasteiger partial charge in [0.2, 0.25) is 0 Å². The smallest absolute Gasteiger partial charge is 0.373 e. The van der Waals surface area contributed by atoms with Gasteiger partial charge in [-0.2, -0.15) is 9.59 Å². The van der Waals surface area contributed by atoms with Gasteiger partial charge in [0.25, 0.3) is 0 Å². The van der Waals surface area contributed by atoms with Crippen LogP contribution < -0.4 is 10.5 Å². The summed E-state index contributed by atoms with van der Waals surface area (Å²) in [5.74, 6) is 0. The number of anilines is 1. The van der Waals surface area contributed by atoms with Gasteiger partial charge in [0.15, 0.2) is 11.1 Å². The highest BCUT2D eigenvalue weighted by atomic mass is 32.2. The Hall–Kier alpha value is -2.58. The molecule has 9 heteroatoms. The number of rotatable bonds is 3. The van der Waals surface area contributed by atoms with Crippen LogP contribution in [0.5, 0.6) is 0 Å². The van der Waals surface area contributed by atoms with Crippen molar-refractivity contribution in [3.63, 3.8) is 0 Å². The van der Waals surface area contributed by atoms with Gasteiger partial charge in [-0.3, -0.25) is 0 Å². The third-order valence-corrected chi connectivity index (χ3v) is 6.53. The predicted molar refractivity (Wildman–Crippen MR) is 106 cm³/mol. The summed E-state index contributed by atoms with van der Waals surface area (Å²) >= 11 is -0.917. The molecule has 1 N–H and O–H groups in total. The molecule has 1 aliphatic rings. The average molecular weight is 419 g/mol. The molecule has 4 rings (SSSR count). The van der Waals surface area contributed by atoms with Gasteiger partial charge in [0.05, 0.1) is 5.56 Å². The summed E-state index contributed by atoms with van der Waals surface area (Å²) in [6.45, 7) is 2.06. The highest BCUT2D eigenvalue weighted by Gasteiger charge is 2.15. The zero-order chi connectivity index (χ0) is 20.1. The largest absolute Gasteiger partial charge is 0.422 e. The van der Waals surface area contributed by atoms with Gasteiger partial charge >= 0.3 is 11.8 Å². The molecule has 146 valence electrons. The van der Waals surface area contributed by atoms with Gasteiger partial charge in [-0.1, -0.05) is 0 Å². The minimum absolute atomic E-state index is 0.250. The highest BCUT2D eigenvalue weighted by molar-refractivity contribution is 7.81. The molecule has 1 fully saturated rings. The summed E-state index contributed by atoms with van der Waals surface area (Å²) in [5, 5.41) is 0.843. The van der Waals surface area contributed by atoms with Crippen LogP contribution in [0.3, 0.4) is 0 Å². The van der Waals surface area contributed by atoms with E-state index in [1.807, 2.05) is 12.1 Å². The van der Waals surface area contributed by atoms with Crippen molar-refractivity contribution in [2.45, 2.75) is 23.5 Å². The van der Waals surface area contributed by atoms with E-state index in [2.05, 4.69) is 11.0 Å². The average Bonchev–Trinajstić information content (AvgIpc) is 3.19. The van der Waals surface area contributed by atoms with Crippen LogP contribution >= 0.6 is 11.3 Å². The predicted octanol–water partition coefficient (Wildman–Crippen LogP) is 3.51. The van der Waals surface area contributed by atoms with E-state index in [0.717, 1.165) is 35.5 Å². The van der Waals surface area contributed by atoms with Crippen LogP contribution in [0.2, 0.25) is 0 Å². The Morgan fingerprint density at radius 3 is 2.43 bits per heavy atom. The second kappa shape index (κ2) is 9.07. The maximum atomic E-state index is 12.4. The van der Waals surface area contributed by atoms with Crippen LogP contribution in [0.15, 0.2) is 49.8 Å². The molecule has 1 atom stereocenters. The van der Waals surface area contributed by atoms with Crippen LogP contribution in [0.4, 0.5) is 5.69 Å². The summed E-state index contributed by atoms with van der Waals surface area (Å²) in [6, 6.07) is 11.0. The maximum absolute atomic E-state index is 12.4. The van der Waals surface area contributed by atoms with Crippen molar-refractivity contribution in [3.8, 4) is 10.4 Å². The zero-order valence-corrected chi connectivity index (χ0v) is 16.4. The van der Waals surface area contributed by atoms with Gasteiger partial charge in [0.1, 0.15) is 9.79 Å². The lowest BCUT2D eigenvalue weighted by molar-refractivity contribution is -0.191. The molecule has 2 aromatic heterocycles. The van der Waals surface area contributed by atoms with Crippen LogP contribution in [0.25, 0.3) is 21.4 Å². The van der Waals surface area contributed by atoms with E-state index in [0.29, 0.717) is 20.2 Å². The molecule has 0 saturated carbocycles. The molecule has 0 spiro atoms. The third-order valence-electron chi connectivity index (χ3n) is 4.46. The Labute approximate surface area is 166 Å². The lowest BCUT2D eigenvalue weighted by Gasteiger charge is -2.28. The summed E-state index contributed by atoms with van der Waals surface area (Å²) in [5.41, 5.74) is 1.64. The number of hydrogen-bond donors (Lipinski definition) is 1. The van der Waals surface area contributed by atoms with E-state index in [9.17, 15) is 9.00 Å². The molecular weight excluding hydrogens is 402 g/mol. The third kappa shape index (κ3) is 4.45. The molecule has 3 heterocycles. The Bertz CT molecular complexity index is 1090. The maximum Gasteiger partial charge on any atom is 0.373 e. The molecule has 0 aliphatic carbocycles. The molecule has 1 aliphatic heterocycles. The first-order valence-electron chi connectivity index (χ1n) is 8.56. The van der Waals surface area contributed by atoms with Crippen molar-refractivity contribution < 1.29 is 22.8 Å². The quantitative estimate of drug-likeness (QED) is 0.512. The van der Waals surface area contributed by atoms with Gasteiger partial charge in [-0.25, -0.2) is 9.00 Å². The van der Waals surface area contributed by atoms with Crippen molar-refractivity contribution in [3.05, 3.63) is 46.8 Å². The highest BCUT2D eigenvalue weighted by Crippen LogP contribution is 2.31. The van der Waals surface area contributed by atoms with Gasteiger partial charge < -0.3 is 13.9 Å². The van der Waals surface area contributed by atoms with Crippen LogP contribution in [-0.2, 0) is 20.7 Å². The fraction of sp³-hybridized carbons (Fsp3) is 0.263. The lowest BCUT2D eigenvalue weighted by Crippen LogP contribution is -2.29. The minimum atomic E-state index is -2.04. The Morgan fingerprint density at radius 1 is 1.07 bits per heavy atom. The normalized spacial score (nSPS) is 14.8. The van der Waals surface area contributed by atoms with E-state index >= 15 is 0 Å². The fourth-order valence-electron chi connectivity index (χ4n) is 3.18. The molecule has 1 unspecified atom stereocenters. The van der Waals surface area contributed by atoms with Gasteiger partial charge in [-0.15, -0.1) is 11.3 Å². The van der Waals surface area contributed by atoms with Crippen molar-refractivity contribution in [2.24, 2.45) is 0 Å². The number of thiophene rings is 1. The van der Waals surface area contributed by atoms with E-state index in [-0.39, 0.29) is 6.15 Å². The van der Waals surface area contributed by atoms with Gasteiger partial charge in [0, 0.05) is 35.1 Å². The topological polar surface area (TPSA) is 105 Å². The standard InChI is InChI=1S/C18H17NO4S2.CO2/c20-18-14(16-6-7-17(24-16)25(21)22)10-12-4-5-13(11-15(12)23-18)19-8-2-1-3-9-19;2-1-3/h4-7,10-11H,1-3,8-9H2,(H,21,22);. The Balaban J connectivity index is 0.000000706. The Kier molecular flexibility index (Phi) is 6.53. The number of nitrogens with zero attached hydrogens (tertiary/aromatic N) is 1. The molecule has 0 amide bonds. The molecule has 3 aromatic rings. The molecule has 1 aromatic carbocycles. The molecule has 0 radical (unpaired) electrons. The second-order valence-corrected chi connectivity index (χ2v) is 8.45. The van der Waals surface area contributed by atoms with E-state index in [4.69, 9.17) is 18.6 Å². The van der Waals surface area contributed by atoms with Crippen molar-refractivity contribution >= 4 is 45.2 Å². The van der Waals surface area contributed by atoms with Crippen LogP contribution in [0.1, 0.15) is 19.3 Å². The summed E-state index contributed by atoms with van der Waals surface area (Å²) in [6.07, 6.45) is 3.89. The summed E-state index contributed by atoms with van der Waals surface area (Å²) < 4.78 is 26.2. The van der Waals surface area contributed by atoms with Crippen molar-refractivity contribution in [1.82, 2.24) is 0 Å². The van der Waals surface area contributed by atoms with Crippen LogP contribution in [-0.4, -0.2) is 28.0 Å². The molecule has 7 nitrogen and oxygen atoms in total. The number of hydrogen-bond acceptors (Lipinski definition) is 7. The first kappa shape index (κ1) is 20.2. The number of benzene rings is 1. The number of piperidine rings is 1. The van der Waals surface area contributed by atoms with E-state index in [1.54, 1.807) is 18.2 Å². The monoisotopic (exact) mass is 419 g/mol. The minimum Gasteiger partial charge on any atom is -0.422 e. The summed E-state index contributed by atoms with van der Waals surface area (Å²) in [4.78, 5) is 31.6. The lowest BCUT2D eigenvalue weighted by atomic mass is 10.1. The molecular formula is C19H17NO6S2. The fourth-order valence-corrected chi connectivity index (χ4v) is 4.66. The molecule has 28 heavy (non-hydrogen) atoms. The SMILES string of the molecule is O=C=O.O=c1oc2cc(N3CCCCC3)ccc2cc1-c1ccc(S(=O)O)s1. The molecule has 1 saturated heterocycles. The van der Waals surface area contributed by atoms with Crippen LogP contribution in [0, 0.1) is 0 Å². The number of fused-ring (bicyclic) bond motifs is 1. The van der Waals surface area contributed by atoms with E-state index < -0.39 is 16.7 Å². The summed E-state index contributed by atoms with van der Waals surface area (Å²) in [7, 11) is 0. The number of carbonyl (C=O) groups excluding carboxylic acids is 2. The van der Waals surface area contributed by atoms with E-state index in [1.165, 1.54) is 19.3 Å².